The zero-order valence-corrected chi connectivity index (χ0v) is 13.5. The molecule has 0 bridgehead atoms. The Labute approximate surface area is 124 Å². The highest BCUT2D eigenvalue weighted by Crippen LogP contribution is 2.30. The van der Waals surface area contributed by atoms with Crippen LogP contribution in [0, 0.1) is 13.8 Å². The molecule has 20 heavy (non-hydrogen) atoms. The summed E-state index contributed by atoms with van der Waals surface area (Å²) in [6, 6.07) is 0.532. The Morgan fingerprint density at radius 1 is 1.50 bits per heavy atom. The minimum absolute atomic E-state index is 0.0349. The highest BCUT2D eigenvalue weighted by Gasteiger charge is 2.27. The molecule has 1 aromatic rings. The second-order valence-corrected chi connectivity index (χ2v) is 6.73. The maximum atomic E-state index is 12.1. The first-order valence-electron chi connectivity index (χ1n) is 7.05. The molecule has 112 valence electrons. The molecule has 1 saturated carbocycles. The van der Waals surface area contributed by atoms with Crippen molar-refractivity contribution in [1.82, 2.24) is 15.1 Å². The monoisotopic (exact) mass is 296 g/mol. The van der Waals surface area contributed by atoms with Gasteiger partial charge in [0, 0.05) is 11.3 Å². The van der Waals surface area contributed by atoms with E-state index in [0.717, 1.165) is 22.3 Å². The number of aromatic amines is 1. The predicted molar refractivity (Wildman–Crippen MR) is 84.3 cm³/mol. The Hall–Kier alpha value is -1.01. The molecule has 1 fully saturated rings. The van der Waals surface area contributed by atoms with Gasteiger partial charge in [0.25, 0.3) is 0 Å². The van der Waals surface area contributed by atoms with E-state index in [1.165, 1.54) is 19.3 Å². The summed E-state index contributed by atoms with van der Waals surface area (Å²) in [7, 11) is 2.04. The lowest BCUT2D eigenvalue weighted by molar-refractivity contribution is -0.117. The van der Waals surface area contributed by atoms with Crippen LogP contribution in [0.4, 0.5) is 5.69 Å². The van der Waals surface area contributed by atoms with Gasteiger partial charge in [-0.15, -0.1) is 0 Å². The van der Waals surface area contributed by atoms with Crippen molar-refractivity contribution in [1.29, 1.82) is 0 Å². The topological polar surface area (TPSA) is 61.0 Å². The summed E-state index contributed by atoms with van der Waals surface area (Å²) in [5.74, 6) is 0.0349. The molecule has 2 N–H and O–H groups in total. The summed E-state index contributed by atoms with van der Waals surface area (Å²) in [6.07, 6.45) is 5.82. The first-order valence-corrected chi connectivity index (χ1v) is 8.34. The highest BCUT2D eigenvalue weighted by atomic mass is 32.2. The minimum atomic E-state index is 0.0349. The molecule has 0 saturated heterocycles. The van der Waals surface area contributed by atoms with Gasteiger partial charge < -0.3 is 5.32 Å². The first-order chi connectivity index (χ1) is 9.51. The lowest BCUT2D eigenvalue weighted by Gasteiger charge is -2.23. The van der Waals surface area contributed by atoms with E-state index in [0.29, 0.717) is 12.6 Å². The molecule has 2 rings (SSSR count). The normalized spacial score (nSPS) is 22.4. The van der Waals surface area contributed by atoms with Crippen LogP contribution in [0.5, 0.6) is 0 Å². The highest BCUT2D eigenvalue weighted by molar-refractivity contribution is 7.99. The van der Waals surface area contributed by atoms with Crippen molar-refractivity contribution in [3.63, 3.8) is 0 Å². The van der Waals surface area contributed by atoms with E-state index < -0.39 is 0 Å². The number of amides is 1. The summed E-state index contributed by atoms with van der Waals surface area (Å²) < 4.78 is 0. The maximum Gasteiger partial charge on any atom is 0.238 e. The van der Waals surface area contributed by atoms with E-state index in [2.05, 4.69) is 26.7 Å². The van der Waals surface area contributed by atoms with Crippen molar-refractivity contribution in [2.24, 2.45) is 0 Å². The number of nitrogens with zero attached hydrogens (tertiary/aromatic N) is 2. The number of aryl methyl sites for hydroxylation is 2. The summed E-state index contributed by atoms with van der Waals surface area (Å²) in [4.78, 5) is 14.3. The van der Waals surface area contributed by atoms with Crippen molar-refractivity contribution in [3.05, 3.63) is 11.4 Å². The number of thioether (sulfide) groups is 1. The fourth-order valence-electron chi connectivity index (χ4n) is 2.80. The van der Waals surface area contributed by atoms with Crippen LogP contribution in [0.3, 0.4) is 0 Å². The zero-order chi connectivity index (χ0) is 14.7. The van der Waals surface area contributed by atoms with Crippen molar-refractivity contribution >= 4 is 23.4 Å². The van der Waals surface area contributed by atoms with Crippen LogP contribution in [0.1, 0.15) is 30.7 Å². The summed E-state index contributed by atoms with van der Waals surface area (Å²) in [6.45, 7) is 4.25. The molecule has 1 heterocycles. The van der Waals surface area contributed by atoms with Gasteiger partial charge >= 0.3 is 0 Å². The molecule has 6 heteroatoms. The quantitative estimate of drug-likeness (QED) is 0.874. The fourth-order valence-corrected chi connectivity index (χ4v) is 3.59. The van der Waals surface area contributed by atoms with Crippen LogP contribution in [0.15, 0.2) is 0 Å². The Bertz CT molecular complexity index is 454. The smallest absolute Gasteiger partial charge is 0.238 e. The maximum absolute atomic E-state index is 12.1. The van der Waals surface area contributed by atoms with Gasteiger partial charge in [-0.05, 0) is 46.4 Å². The average Bonchev–Trinajstić information content (AvgIpc) is 3.00. The fraction of sp³-hybridized carbons (Fsp3) is 0.714. The van der Waals surface area contributed by atoms with Crippen LogP contribution < -0.4 is 5.32 Å². The SMILES string of the molecule is CS[C@@H]1CC[C@H](N(C)CC(=O)Nc2c(C)n[nH]c2C)C1. The van der Waals surface area contributed by atoms with Crippen LogP contribution in [0.2, 0.25) is 0 Å². The minimum Gasteiger partial charge on any atom is -0.322 e. The second kappa shape index (κ2) is 6.63. The van der Waals surface area contributed by atoms with Gasteiger partial charge in [0.2, 0.25) is 5.91 Å². The van der Waals surface area contributed by atoms with Crippen molar-refractivity contribution in [3.8, 4) is 0 Å². The van der Waals surface area contributed by atoms with Crippen LogP contribution in [-0.2, 0) is 4.79 Å². The number of carbonyl (C=O) groups excluding carboxylic acids is 1. The van der Waals surface area contributed by atoms with Gasteiger partial charge in [-0.25, -0.2) is 0 Å². The van der Waals surface area contributed by atoms with Gasteiger partial charge in [0.1, 0.15) is 0 Å². The van der Waals surface area contributed by atoms with Crippen LogP contribution >= 0.6 is 11.8 Å². The lowest BCUT2D eigenvalue weighted by atomic mass is 10.2. The van der Waals surface area contributed by atoms with Gasteiger partial charge in [0.05, 0.1) is 23.6 Å². The predicted octanol–water partition coefficient (Wildman–Crippen LogP) is 2.18. The number of H-pyrrole nitrogens is 1. The van der Waals surface area contributed by atoms with E-state index in [4.69, 9.17) is 0 Å². The number of aromatic nitrogens is 2. The lowest BCUT2D eigenvalue weighted by Crippen LogP contribution is -2.37. The first kappa shape index (κ1) is 15.4. The average molecular weight is 296 g/mol. The third-order valence-electron chi connectivity index (χ3n) is 4.10. The Morgan fingerprint density at radius 3 is 2.80 bits per heavy atom. The summed E-state index contributed by atoms with van der Waals surface area (Å²) in [5.41, 5.74) is 2.56. The number of hydrogen-bond donors (Lipinski definition) is 2. The molecule has 1 aromatic heterocycles. The zero-order valence-electron chi connectivity index (χ0n) is 12.7. The molecular weight excluding hydrogens is 272 g/mol. The van der Waals surface area contributed by atoms with E-state index in [9.17, 15) is 4.79 Å². The van der Waals surface area contributed by atoms with Gasteiger partial charge in [-0.2, -0.15) is 16.9 Å². The molecular formula is C14H24N4OS. The Kier molecular flexibility index (Phi) is 5.10. The Morgan fingerprint density at radius 2 is 2.25 bits per heavy atom. The number of nitrogens with one attached hydrogen (secondary N) is 2. The van der Waals surface area contributed by atoms with E-state index in [-0.39, 0.29) is 5.91 Å². The largest absolute Gasteiger partial charge is 0.322 e. The molecule has 2 atom stereocenters. The summed E-state index contributed by atoms with van der Waals surface area (Å²) >= 11 is 1.94. The standard InChI is InChI=1S/C14H24N4OS/c1-9-14(10(2)17-16-9)15-13(19)8-18(3)11-5-6-12(7-11)20-4/h11-12H,5-8H2,1-4H3,(H,15,19)(H,16,17)/t11-,12+/m0/s1. The molecule has 0 aromatic carbocycles. The third kappa shape index (κ3) is 3.55. The second-order valence-electron chi connectivity index (χ2n) is 5.60. The van der Waals surface area contributed by atoms with Crippen molar-refractivity contribution in [2.75, 3.05) is 25.2 Å². The van der Waals surface area contributed by atoms with Crippen LogP contribution in [-0.4, -0.2) is 52.1 Å². The number of rotatable bonds is 5. The molecule has 1 aliphatic rings. The molecule has 0 spiro atoms. The van der Waals surface area contributed by atoms with Gasteiger partial charge in [0.15, 0.2) is 0 Å². The molecule has 0 aliphatic heterocycles. The van der Waals surface area contributed by atoms with E-state index in [1.54, 1.807) is 0 Å². The number of likely N-dealkylation sites (N-methyl/N-ethyl adjacent to an activating group) is 1. The van der Waals surface area contributed by atoms with E-state index in [1.807, 2.05) is 32.7 Å². The van der Waals surface area contributed by atoms with E-state index >= 15 is 0 Å². The molecule has 5 nitrogen and oxygen atoms in total. The van der Waals surface area contributed by atoms with Gasteiger partial charge in [-0.3, -0.25) is 14.8 Å². The number of anilines is 1. The van der Waals surface area contributed by atoms with Crippen molar-refractivity contribution < 1.29 is 4.79 Å². The molecule has 0 unspecified atom stereocenters. The van der Waals surface area contributed by atoms with Crippen LogP contribution in [0.25, 0.3) is 0 Å². The molecule has 1 aliphatic carbocycles. The number of hydrogen-bond acceptors (Lipinski definition) is 4. The van der Waals surface area contributed by atoms with Gasteiger partial charge in [-0.1, -0.05) is 0 Å². The third-order valence-corrected chi connectivity index (χ3v) is 5.19. The molecule has 0 radical (unpaired) electrons. The summed E-state index contributed by atoms with van der Waals surface area (Å²) in [5, 5.41) is 10.7. The van der Waals surface area contributed by atoms with Crippen molar-refractivity contribution in [2.45, 2.75) is 44.4 Å². The Balaban J connectivity index is 1.85. The number of carbonyl (C=O) groups is 1. The molecule has 1 amide bonds.